The minimum Gasteiger partial charge on any atom is -0.484 e. The molecule has 148 valence electrons. The van der Waals surface area contributed by atoms with Gasteiger partial charge in [-0.3, -0.25) is 4.57 Å². The van der Waals surface area contributed by atoms with Gasteiger partial charge in [-0.05, 0) is 53.0 Å². The van der Waals surface area contributed by atoms with Crippen LogP contribution in [0.1, 0.15) is 57.2 Å². The summed E-state index contributed by atoms with van der Waals surface area (Å²) in [5.41, 5.74) is 3.36. The van der Waals surface area contributed by atoms with Crippen molar-refractivity contribution in [3.8, 4) is 5.75 Å². The lowest BCUT2D eigenvalue weighted by atomic mass is 9.91. The van der Waals surface area contributed by atoms with Crippen LogP contribution in [0.5, 0.6) is 5.75 Å². The SMILES string of the molecule is CC(C)c1ccc(CP(=O)(O)COc2ccc(CC(C)C(C)C)cc2)cc1. The number of benzene rings is 2. The average molecular weight is 388 g/mol. The van der Waals surface area contributed by atoms with Gasteiger partial charge in [0.05, 0.1) is 6.16 Å². The van der Waals surface area contributed by atoms with Gasteiger partial charge in [0.25, 0.3) is 0 Å². The van der Waals surface area contributed by atoms with Gasteiger partial charge in [0, 0.05) is 0 Å². The van der Waals surface area contributed by atoms with E-state index < -0.39 is 7.37 Å². The first-order chi connectivity index (χ1) is 12.7. The third kappa shape index (κ3) is 7.16. The number of hydrogen-bond donors (Lipinski definition) is 1. The van der Waals surface area contributed by atoms with Gasteiger partial charge < -0.3 is 9.63 Å². The Kier molecular flexibility index (Phi) is 7.70. The Hall–Kier alpha value is -1.57. The normalized spacial score (nSPS) is 15.0. The second kappa shape index (κ2) is 9.57. The van der Waals surface area contributed by atoms with Gasteiger partial charge in [-0.2, -0.15) is 0 Å². The van der Waals surface area contributed by atoms with E-state index in [2.05, 4.69) is 34.6 Å². The van der Waals surface area contributed by atoms with Gasteiger partial charge >= 0.3 is 0 Å². The molecule has 4 heteroatoms. The first-order valence-electron chi connectivity index (χ1n) is 9.77. The zero-order valence-corrected chi connectivity index (χ0v) is 18.1. The Labute approximate surface area is 164 Å². The average Bonchev–Trinajstić information content (AvgIpc) is 2.61. The maximum atomic E-state index is 12.5. The van der Waals surface area contributed by atoms with Crippen molar-refractivity contribution in [1.82, 2.24) is 0 Å². The molecule has 0 aliphatic heterocycles. The molecule has 1 N–H and O–H groups in total. The van der Waals surface area contributed by atoms with Crippen molar-refractivity contribution in [2.24, 2.45) is 11.8 Å². The van der Waals surface area contributed by atoms with Crippen molar-refractivity contribution in [3.05, 3.63) is 65.2 Å². The van der Waals surface area contributed by atoms with Crippen molar-refractivity contribution >= 4 is 7.37 Å². The minimum absolute atomic E-state index is 0.134. The molecule has 0 amide bonds. The van der Waals surface area contributed by atoms with Crippen LogP contribution in [-0.2, 0) is 17.1 Å². The van der Waals surface area contributed by atoms with E-state index in [1.165, 1.54) is 11.1 Å². The maximum Gasteiger partial charge on any atom is 0.241 e. The Morgan fingerprint density at radius 1 is 0.889 bits per heavy atom. The van der Waals surface area contributed by atoms with E-state index in [0.29, 0.717) is 23.5 Å². The molecule has 3 nitrogen and oxygen atoms in total. The quantitative estimate of drug-likeness (QED) is 0.502. The van der Waals surface area contributed by atoms with E-state index in [9.17, 15) is 9.46 Å². The molecule has 0 heterocycles. The highest BCUT2D eigenvalue weighted by Crippen LogP contribution is 2.44. The summed E-state index contributed by atoms with van der Waals surface area (Å²) in [6.07, 6.45) is 0.999. The summed E-state index contributed by atoms with van der Waals surface area (Å²) in [5, 5.41) is 0. The summed E-state index contributed by atoms with van der Waals surface area (Å²) < 4.78 is 18.1. The van der Waals surface area contributed by atoms with Crippen molar-refractivity contribution in [1.29, 1.82) is 0 Å². The van der Waals surface area contributed by atoms with Crippen LogP contribution in [0.3, 0.4) is 0 Å². The van der Waals surface area contributed by atoms with E-state index in [1.807, 2.05) is 48.5 Å². The lowest BCUT2D eigenvalue weighted by molar-refractivity contribution is 0.349. The van der Waals surface area contributed by atoms with Crippen molar-refractivity contribution in [3.63, 3.8) is 0 Å². The summed E-state index contributed by atoms with van der Waals surface area (Å²) in [7, 11) is -3.39. The van der Waals surface area contributed by atoms with Crippen LogP contribution in [-0.4, -0.2) is 11.2 Å². The molecule has 0 spiro atoms. The topological polar surface area (TPSA) is 46.5 Å². The number of hydrogen-bond acceptors (Lipinski definition) is 2. The zero-order valence-electron chi connectivity index (χ0n) is 17.2. The lowest BCUT2D eigenvalue weighted by Crippen LogP contribution is -2.07. The molecule has 2 atom stereocenters. The molecule has 0 aromatic heterocycles. The molecule has 2 unspecified atom stereocenters. The molecule has 0 aliphatic carbocycles. The van der Waals surface area contributed by atoms with Gasteiger partial charge in [0.15, 0.2) is 6.35 Å². The largest absolute Gasteiger partial charge is 0.484 e. The third-order valence-corrected chi connectivity index (χ3v) is 6.52. The van der Waals surface area contributed by atoms with Gasteiger partial charge in [-0.1, -0.05) is 71.0 Å². The van der Waals surface area contributed by atoms with E-state index >= 15 is 0 Å². The molecule has 0 bridgehead atoms. The van der Waals surface area contributed by atoms with Crippen LogP contribution < -0.4 is 4.74 Å². The highest BCUT2D eigenvalue weighted by molar-refractivity contribution is 7.56. The van der Waals surface area contributed by atoms with Gasteiger partial charge in [0.1, 0.15) is 5.75 Å². The summed E-state index contributed by atoms with van der Waals surface area (Å²) in [5.74, 6) is 2.36. The molecular formula is C23H33O3P. The Bertz CT molecular complexity index is 748. The van der Waals surface area contributed by atoms with Crippen LogP contribution in [0.2, 0.25) is 0 Å². The molecule has 2 aromatic rings. The molecule has 0 radical (unpaired) electrons. The molecule has 0 saturated carbocycles. The van der Waals surface area contributed by atoms with Crippen molar-refractivity contribution in [2.75, 3.05) is 6.35 Å². The fourth-order valence-electron chi connectivity index (χ4n) is 2.84. The van der Waals surface area contributed by atoms with E-state index in [-0.39, 0.29) is 12.5 Å². The van der Waals surface area contributed by atoms with Crippen molar-refractivity contribution < 1.29 is 14.2 Å². The molecule has 0 aliphatic rings. The summed E-state index contributed by atoms with van der Waals surface area (Å²) in [6.45, 7) is 11.0. The standard InChI is InChI=1S/C23H33O3P/c1-17(2)19(5)14-20-8-12-23(13-9-20)26-16-27(24,25)15-21-6-10-22(11-7-21)18(3)4/h6-13,17-19H,14-16H2,1-5H3,(H,24,25). The van der Waals surface area contributed by atoms with E-state index in [0.717, 1.165) is 12.0 Å². The number of rotatable bonds is 9. The highest BCUT2D eigenvalue weighted by Gasteiger charge is 2.20. The van der Waals surface area contributed by atoms with Crippen LogP contribution >= 0.6 is 7.37 Å². The predicted octanol–water partition coefficient (Wildman–Crippen LogP) is 6.45. The summed E-state index contributed by atoms with van der Waals surface area (Å²) in [4.78, 5) is 10.3. The molecule has 27 heavy (non-hydrogen) atoms. The monoisotopic (exact) mass is 388 g/mol. The zero-order chi connectivity index (χ0) is 20.0. The van der Waals surface area contributed by atoms with Crippen LogP contribution in [0.15, 0.2) is 48.5 Å². The highest BCUT2D eigenvalue weighted by atomic mass is 31.2. The summed E-state index contributed by atoms with van der Waals surface area (Å²) >= 11 is 0. The predicted molar refractivity (Wildman–Crippen MR) is 114 cm³/mol. The third-order valence-electron chi connectivity index (χ3n) is 5.13. The van der Waals surface area contributed by atoms with Gasteiger partial charge in [-0.15, -0.1) is 0 Å². The Morgan fingerprint density at radius 2 is 1.44 bits per heavy atom. The van der Waals surface area contributed by atoms with Crippen LogP contribution in [0, 0.1) is 11.8 Å². The van der Waals surface area contributed by atoms with E-state index in [4.69, 9.17) is 4.74 Å². The molecule has 0 fully saturated rings. The molecular weight excluding hydrogens is 355 g/mol. The Balaban J connectivity index is 1.89. The van der Waals surface area contributed by atoms with Crippen LogP contribution in [0.4, 0.5) is 0 Å². The van der Waals surface area contributed by atoms with Crippen LogP contribution in [0.25, 0.3) is 0 Å². The molecule has 2 rings (SSSR count). The van der Waals surface area contributed by atoms with Gasteiger partial charge in [-0.25, -0.2) is 0 Å². The maximum absolute atomic E-state index is 12.5. The summed E-state index contributed by atoms with van der Waals surface area (Å²) in [6, 6.07) is 15.8. The first kappa shape index (κ1) is 21.7. The molecule has 2 aromatic carbocycles. The van der Waals surface area contributed by atoms with Crippen molar-refractivity contribution in [2.45, 2.75) is 53.1 Å². The second-order valence-electron chi connectivity index (χ2n) is 8.24. The van der Waals surface area contributed by atoms with Gasteiger partial charge in [0.2, 0.25) is 7.37 Å². The Morgan fingerprint density at radius 3 is 1.96 bits per heavy atom. The smallest absolute Gasteiger partial charge is 0.241 e. The van der Waals surface area contributed by atoms with E-state index in [1.54, 1.807) is 0 Å². The second-order valence-corrected chi connectivity index (χ2v) is 10.5. The molecule has 0 saturated heterocycles. The lowest BCUT2D eigenvalue weighted by Gasteiger charge is -2.16. The fourth-order valence-corrected chi connectivity index (χ4v) is 4.07. The fraction of sp³-hybridized carbons (Fsp3) is 0.478. The number of ether oxygens (including phenoxy) is 1. The first-order valence-corrected chi connectivity index (χ1v) is 11.8. The minimum atomic E-state index is -3.39.